The summed E-state index contributed by atoms with van der Waals surface area (Å²) < 4.78 is 0. The molecule has 82 valence electrons. The Hall–Kier alpha value is -1.82. The van der Waals surface area contributed by atoms with Gasteiger partial charge in [0.25, 0.3) is 0 Å². The van der Waals surface area contributed by atoms with Crippen molar-refractivity contribution in [2.75, 3.05) is 0 Å². The first-order chi connectivity index (χ1) is 8.33. The highest BCUT2D eigenvalue weighted by molar-refractivity contribution is 5.75. The van der Waals surface area contributed by atoms with Gasteiger partial charge in [-0.3, -0.25) is 0 Å². The Morgan fingerprint density at radius 2 is 1.76 bits per heavy atom. The predicted molar refractivity (Wildman–Crippen MR) is 72.7 cm³/mol. The van der Waals surface area contributed by atoms with Crippen LogP contribution in [0.1, 0.15) is 28.2 Å². The number of benzene rings is 1. The molecule has 1 aromatic rings. The summed E-state index contributed by atoms with van der Waals surface area (Å²) in [5, 5.41) is 0. The predicted octanol–water partition coefficient (Wildman–Crippen LogP) is 4.24. The summed E-state index contributed by atoms with van der Waals surface area (Å²) in [5.74, 6) is 1.11. The molecular formula is C17H14. The third kappa shape index (κ3) is 1.18. The van der Waals surface area contributed by atoms with Crippen LogP contribution in [-0.4, -0.2) is 0 Å². The quantitative estimate of drug-likeness (QED) is 0.611. The van der Waals surface area contributed by atoms with Crippen molar-refractivity contribution in [1.82, 2.24) is 0 Å². The highest BCUT2D eigenvalue weighted by Crippen LogP contribution is 2.46. The molecule has 0 radical (unpaired) electrons. The number of rotatable bonds is 0. The van der Waals surface area contributed by atoms with E-state index < -0.39 is 0 Å². The Bertz CT molecular complexity index is 624. The van der Waals surface area contributed by atoms with Gasteiger partial charge in [0.2, 0.25) is 0 Å². The lowest BCUT2D eigenvalue weighted by Crippen LogP contribution is -2.20. The molecule has 0 aliphatic heterocycles. The maximum absolute atomic E-state index is 2.35. The van der Waals surface area contributed by atoms with Gasteiger partial charge in [0, 0.05) is 11.8 Å². The molecule has 0 N–H and O–H groups in total. The number of hydrogen-bond donors (Lipinski definition) is 0. The summed E-state index contributed by atoms with van der Waals surface area (Å²) in [6, 6.07) is 4.61. The van der Waals surface area contributed by atoms with Crippen molar-refractivity contribution >= 4 is 12.2 Å². The van der Waals surface area contributed by atoms with Crippen molar-refractivity contribution in [2.45, 2.75) is 12.8 Å². The summed E-state index contributed by atoms with van der Waals surface area (Å²) in [5.41, 5.74) is 7.16. The number of allylic oxidation sites excluding steroid dienone is 6. The van der Waals surface area contributed by atoms with E-state index in [1.807, 2.05) is 0 Å². The Morgan fingerprint density at radius 3 is 2.65 bits per heavy atom. The molecule has 0 heteroatoms. The third-order valence-electron chi connectivity index (χ3n) is 4.02. The monoisotopic (exact) mass is 218 g/mol. The average Bonchev–Trinajstić information content (AvgIpc) is 2.35. The first-order valence-electron chi connectivity index (χ1n) is 6.22. The molecule has 0 amide bonds. The molecule has 0 bridgehead atoms. The molecule has 0 heterocycles. The van der Waals surface area contributed by atoms with Crippen LogP contribution in [0.15, 0.2) is 48.1 Å². The van der Waals surface area contributed by atoms with Gasteiger partial charge < -0.3 is 0 Å². The van der Waals surface area contributed by atoms with Crippen LogP contribution in [0.25, 0.3) is 12.2 Å². The molecule has 1 aromatic carbocycles. The van der Waals surface area contributed by atoms with E-state index >= 15 is 0 Å². The summed E-state index contributed by atoms with van der Waals surface area (Å²) in [4.78, 5) is 0. The molecule has 3 aliphatic carbocycles. The molecule has 0 saturated carbocycles. The van der Waals surface area contributed by atoms with Crippen molar-refractivity contribution in [1.29, 1.82) is 0 Å². The lowest BCUT2D eigenvalue weighted by atomic mass is 9.69. The van der Waals surface area contributed by atoms with E-state index in [9.17, 15) is 0 Å². The van der Waals surface area contributed by atoms with Gasteiger partial charge in [0.05, 0.1) is 0 Å². The molecule has 0 nitrogen and oxygen atoms in total. The van der Waals surface area contributed by atoms with E-state index in [-0.39, 0.29) is 0 Å². The van der Waals surface area contributed by atoms with Crippen LogP contribution < -0.4 is 0 Å². The van der Waals surface area contributed by atoms with E-state index in [0.29, 0.717) is 11.8 Å². The van der Waals surface area contributed by atoms with Crippen LogP contribution in [0.5, 0.6) is 0 Å². The normalized spacial score (nSPS) is 26.8. The topological polar surface area (TPSA) is 0 Å². The summed E-state index contributed by atoms with van der Waals surface area (Å²) in [6.07, 6.45) is 15.9. The zero-order chi connectivity index (χ0) is 11.4. The second-order valence-corrected chi connectivity index (χ2v) is 5.16. The van der Waals surface area contributed by atoms with Crippen molar-refractivity contribution < 1.29 is 0 Å². The lowest BCUT2D eigenvalue weighted by molar-refractivity contribution is 0.664. The van der Waals surface area contributed by atoms with Crippen LogP contribution in [0.3, 0.4) is 0 Å². The fourth-order valence-corrected chi connectivity index (χ4v) is 3.32. The Labute approximate surface area is 102 Å². The van der Waals surface area contributed by atoms with Gasteiger partial charge in [-0.25, -0.2) is 0 Å². The summed E-state index contributed by atoms with van der Waals surface area (Å²) >= 11 is 0. The van der Waals surface area contributed by atoms with Crippen molar-refractivity contribution in [2.24, 2.45) is 5.92 Å². The van der Waals surface area contributed by atoms with E-state index in [0.717, 1.165) is 0 Å². The molecular weight excluding hydrogens is 204 g/mol. The molecule has 17 heavy (non-hydrogen) atoms. The first-order valence-corrected chi connectivity index (χ1v) is 6.22. The summed E-state index contributed by atoms with van der Waals surface area (Å²) in [7, 11) is 0. The van der Waals surface area contributed by atoms with Gasteiger partial charge in [0.15, 0.2) is 0 Å². The Morgan fingerprint density at radius 1 is 0.941 bits per heavy atom. The van der Waals surface area contributed by atoms with E-state index in [1.54, 1.807) is 0 Å². The standard InChI is InChI=1S/C17H14/c1-11-9-14-7-5-12-3-2-4-13-6-8-15(10-11)17(14)16(12)13/h2-10,12,16H,1H3. The average molecular weight is 218 g/mol. The molecule has 3 aliphatic rings. The zero-order valence-corrected chi connectivity index (χ0v) is 9.85. The van der Waals surface area contributed by atoms with E-state index in [4.69, 9.17) is 0 Å². The van der Waals surface area contributed by atoms with Crippen molar-refractivity contribution in [3.8, 4) is 0 Å². The van der Waals surface area contributed by atoms with Crippen molar-refractivity contribution in [3.05, 3.63) is 70.3 Å². The lowest BCUT2D eigenvalue weighted by Gasteiger charge is -2.35. The molecule has 2 atom stereocenters. The first kappa shape index (κ1) is 9.23. The summed E-state index contributed by atoms with van der Waals surface area (Å²) in [6.45, 7) is 2.18. The molecule has 2 unspecified atom stereocenters. The fourth-order valence-electron chi connectivity index (χ4n) is 3.32. The molecule has 4 rings (SSSR count). The number of aryl methyl sites for hydroxylation is 1. The minimum Gasteiger partial charge on any atom is -0.0767 e. The molecule has 0 fully saturated rings. The van der Waals surface area contributed by atoms with Crippen LogP contribution >= 0.6 is 0 Å². The Kier molecular flexibility index (Phi) is 1.69. The smallest absolute Gasteiger partial charge is 0.0199 e. The van der Waals surface area contributed by atoms with Crippen LogP contribution in [0.2, 0.25) is 0 Å². The maximum Gasteiger partial charge on any atom is 0.0199 e. The third-order valence-corrected chi connectivity index (χ3v) is 4.02. The van der Waals surface area contributed by atoms with Gasteiger partial charge in [-0.15, -0.1) is 0 Å². The molecule has 0 saturated heterocycles. The largest absolute Gasteiger partial charge is 0.0767 e. The molecule has 0 aromatic heterocycles. The minimum atomic E-state index is 0.550. The van der Waals surface area contributed by atoms with Crippen LogP contribution in [-0.2, 0) is 0 Å². The second-order valence-electron chi connectivity index (χ2n) is 5.16. The zero-order valence-electron chi connectivity index (χ0n) is 9.85. The van der Waals surface area contributed by atoms with Gasteiger partial charge in [-0.05, 0) is 34.8 Å². The van der Waals surface area contributed by atoms with Crippen molar-refractivity contribution in [3.63, 3.8) is 0 Å². The highest BCUT2D eigenvalue weighted by atomic mass is 14.3. The van der Waals surface area contributed by atoms with Gasteiger partial charge >= 0.3 is 0 Å². The fraction of sp³-hybridized carbons (Fsp3) is 0.176. The van der Waals surface area contributed by atoms with Gasteiger partial charge in [-0.2, -0.15) is 0 Å². The van der Waals surface area contributed by atoms with E-state index in [2.05, 4.69) is 61.6 Å². The number of hydrogen-bond acceptors (Lipinski definition) is 0. The minimum absolute atomic E-state index is 0.550. The van der Waals surface area contributed by atoms with Crippen LogP contribution in [0.4, 0.5) is 0 Å². The SMILES string of the molecule is Cc1cc2c3c(c1)C=CC1C=CC=C(C=C2)C31. The van der Waals surface area contributed by atoms with E-state index in [1.165, 1.54) is 27.8 Å². The van der Waals surface area contributed by atoms with Crippen LogP contribution in [0, 0.1) is 12.8 Å². The second kappa shape index (κ2) is 3.10. The highest BCUT2D eigenvalue weighted by Gasteiger charge is 2.31. The molecule has 0 spiro atoms. The maximum atomic E-state index is 2.35. The van der Waals surface area contributed by atoms with Gasteiger partial charge in [0.1, 0.15) is 0 Å². The van der Waals surface area contributed by atoms with Gasteiger partial charge in [-0.1, -0.05) is 54.7 Å². The Balaban J connectivity index is 2.07.